The minimum Gasteiger partial charge on any atom is -0.350 e. The molecule has 18 heteroatoms. The van der Waals surface area contributed by atoms with Gasteiger partial charge in [-0.25, -0.2) is 13.8 Å². The van der Waals surface area contributed by atoms with Crippen LogP contribution in [0.15, 0.2) is 77.4 Å². The third-order valence-corrected chi connectivity index (χ3v) is 9.00. The summed E-state index contributed by atoms with van der Waals surface area (Å²) in [7, 11) is -4.75. The number of hydrogen-bond acceptors (Lipinski definition) is 7. The van der Waals surface area contributed by atoms with Crippen molar-refractivity contribution in [2.75, 3.05) is 13.2 Å². The van der Waals surface area contributed by atoms with Crippen molar-refractivity contribution in [2.24, 2.45) is 5.92 Å². The summed E-state index contributed by atoms with van der Waals surface area (Å²) in [4.78, 5) is 27.3. The molecule has 10 nitrogen and oxygen atoms in total. The summed E-state index contributed by atoms with van der Waals surface area (Å²) in [5, 5.41) is 3.96. The molecule has 2 aliphatic rings. The Morgan fingerprint density at radius 2 is 1.77 bits per heavy atom. The van der Waals surface area contributed by atoms with E-state index in [1.807, 2.05) is 0 Å². The van der Waals surface area contributed by atoms with Gasteiger partial charge in [-0.05, 0) is 54.8 Å². The highest BCUT2D eigenvalue weighted by Gasteiger charge is 2.41. The highest BCUT2D eigenvalue weighted by Crippen LogP contribution is 2.43. The van der Waals surface area contributed by atoms with Crippen molar-refractivity contribution in [1.82, 2.24) is 19.4 Å². The fourth-order valence-electron chi connectivity index (χ4n) is 5.42. The van der Waals surface area contributed by atoms with Gasteiger partial charge in [0.05, 0.1) is 43.0 Å². The molecule has 0 amide bonds. The lowest BCUT2D eigenvalue weighted by molar-refractivity contribution is -0.236. The van der Waals surface area contributed by atoms with Crippen LogP contribution in [0.3, 0.4) is 0 Å². The lowest BCUT2D eigenvalue weighted by Gasteiger charge is -2.44. The summed E-state index contributed by atoms with van der Waals surface area (Å²) < 4.78 is 125. The first kappa shape index (κ1) is 35.7. The number of benzene rings is 2. The standard InChI is InChI=1S/C30H30F7N4O6P/c1-18(21-13-22(29(32,33)34)15-23(14-21)30(35,36)37)47-27-26(20-7-9-24(31)10-8-20)40(11-12-45-27)16-25-38-28(42)41(39-25)48(43,44)46-17-19-5-3-2-4-6-19/h2-7,9-10,13-15,18,20,26-27H,8,11-12,16-17H2,1H3,(H,43,44)(H,38,39,42)/t18-,20?,26+,27-/m1/s1. The summed E-state index contributed by atoms with van der Waals surface area (Å²) in [5.74, 6) is -1.10. The Morgan fingerprint density at radius 1 is 1.10 bits per heavy atom. The summed E-state index contributed by atoms with van der Waals surface area (Å²) >= 11 is 0. The highest BCUT2D eigenvalue weighted by molar-refractivity contribution is 7.50. The number of rotatable bonds is 10. The molecule has 3 aromatic rings. The molecule has 0 spiro atoms. The van der Waals surface area contributed by atoms with Crippen LogP contribution in [0.25, 0.3) is 0 Å². The number of H-pyrrole nitrogens is 1. The zero-order chi connectivity index (χ0) is 34.9. The van der Waals surface area contributed by atoms with Crippen molar-refractivity contribution in [1.29, 1.82) is 0 Å². The van der Waals surface area contributed by atoms with Crippen LogP contribution in [0.5, 0.6) is 0 Å². The molecule has 5 rings (SSSR count). The summed E-state index contributed by atoms with van der Waals surface area (Å²) in [6.45, 7) is 0.975. The van der Waals surface area contributed by atoms with Crippen LogP contribution in [0, 0.1) is 5.92 Å². The van der Waals surface area contributed by atoms with E-state index in [-0.39, 0.29) is 44.6 Å². The van der Waals surface area contributed by atoms with Crippen molar-refractivity contribution < 1.29 is 54.2 Å². The number of alkyl halides is 6. The maximum atomic E-state index is 13.9. The number of nitrogens with zero attached hydrogens (tertiary/aromatic N) is 3. The molecule has 1 fully saturated rings. The molecule has 260 valence electrons. The first-order chi connectivity index (χ1) is 22.5. The van der Waals surface area contributed by atoms with Crippen LogP contribution in [0.2, 0.25) is 0 Å². The van der Waals surface area contributed by atoms with Gasteiger partial charge in [0.2, 0.25) is 0 Å². The summed E-state index contributed by atoms with van der Waals surface area (Å²) in [6, 6.07) is 8.77. The summed E-state index contributed by atoms with van der Waals surface area (Å²) in [5.41, 5.74) is -3.89. The van der Waals surface area contributed by atoms with Crippen molar-refractivity contribution in [3.63, 3.8) is 0 Å². The average Bonchev–Trinajstić information content (AvgIpc) is 3.41. The zero-order valence-corrected chi connectivity index (χ0v) is 26.0. The molecular formula is C30H30F7N4O6P. The Morgan fingerprint density at radius 3 is 2.38 bits per heavy atom. The van der Waals surface area contributed by atoms with Gasteiger partial charge in [0, 0.05) is 12.5 Å². The number of morpholine rings is 1. The molecule has 0 bridgehead atoms. The SMILES string of the molecule is C[C@@H](O[C@H]1OCCN(Cc2nn(P(=O)(O)OCc3ccccc3)c(=O)[nH]2)[C@H]1C1C=CC(F)=CC1)c1cc(C(F)(F)F)cc(C(F)(F)F)c1. The molecule has 48 heavy (non-hydrogen) atoms. The van der Waals surface area contributed by atoms with Gasteiger partial charge in [0.25, 0.3) is 0 Å². The first-order valence-corrected chi connectivity index (χ1v) is 16.1. The molecule has 2 unspecified atom stereocenters. The molecule has 0 saturated carbocycles. The van der Waals surface area contributed by atoms with Crippen LogP contribution in [0.1, 0.15) is 47.5 Å². The maximum absolute atomic E-state index is 13.9. The van der Waals surface area contributed by atoms with E-state index in [1.54, 1.807) is 35.2 Å². The Hall–Kier alpha value is -3.60. The number of hydrogen-bond donors (Lipinski definition) is 2. The van der Waals surface area contributed by atoms with E-state index < -0.39 is 72.7 Å². The molecule has 2 aromatic carbocycles. The van der Waals surface area contributed by atoms with Gasteiger partial charge < -0.3 is 14.4 Å². The minimum absolute atomic E-state index is 0.0173. The predicted molar refractivity (Wildman–Crippen MR) is 156 cm³/mol. The van der Waals surface area contributed by atoms with Crippen LogP contribution in [0.4, 0.5) is 30.7 Å². The van der Waals surface area contributed by atoms with Gasteiger partial charge in [-0.3, -0.25) is 14.4 Å². The van der Waals surface area contributed by atoms with Gasteiger partial charge in [-0.1, -0.05) is 36.4 Å². The lowest BCUT2D eigenvalue weighted by Crippen LogP contribution is -2.55. The average molecular weight is 707 g/mol. The number of halogens is 7. The molecule has 2 heterocycles. The molecule has 1 saturated heterocycles. The number of aromatic amines is 1. The number of allylic oxidation sites excluding steroid dienone is 3. The molecule has 0 radical (unpaired) electrons. The fourth-order valence-corrected chi connectivity index (χ4v) is 6.35. The van der Waals surface area contributed by atoms with Gasteiger partial charge in [-0.2, -0.15) is 26.3 Å². The van der Waals surface area contributed by atoms with Crippen molar-refractivity contribution in [2.45, 2.75) is 57.3 Å². The van der Waals surface area contributed by atoms with Gasteiger partial charge >= 0.3 is 25.8 Å². The highest BCUT2D eigenvalue weighted by atomic mass is 31.2. The monoisotopic (exact) mass is 706 g/mol. The largest absolute Gasteiger partial charge is 0.457 e. The number of aromatic nitrogens is 3. The van der Waals surface area contributed by atoms with Gasteiger partial charge in [0.1, 0.15) is 11.7 Å². The van der Waals surface area contributed by atoms with Crippen LogP contribution in [-0.2, 0) is 44.1 Å². The predicted octanol–water partition coefficient (Wildman–Crippen LogP) is 6.51. The van der Waals surface area contributed by atoms with Crippen molar-refractivity contribution >= 4 is 7.75 Å². The number of ether oxygens (including phenoxy) is 2. The van der Waals surface area contributed by atoms with E-state index in [1.165, 1.54) is 25.2 Å². The van der Waals surface area contributed by atoms with Crippen LogP contribution >= 0.6 is 7.75 Å². The van der Waals surface area contributed by atoms with E-state index in [2.05, 4.69) is 10.1 Å². The van der Waals surface area contributed by atoms with Gasteiger partial charge in [0.15, 0.2) is 6.29 Å². The lowest BCUT2D eigenvalue weighted by atomic mass is 9.89. The maximum Gasteiger partial charge on any atom is 0.457 e. The zero-order valence-electron chi connectivity index (χ0n) is 25.1. The quantitative estimate of drug-likeness (QED) is 0.181. The summed E-state index contributed by atoms with van der Waals surface area (Å²) in [6.07, 6.45) is -8.57. The molecule has 2 N–H and O–H groups in total. The molecule has 1 aliphatic carbocycles. The smallest absolute Gasteiger partial charge is 0.350 e. The Kier molecular flexibility index (Phi) is 10.5. The first-order valence-electron chi connectivity index (χ1n) is 14.6. The van der Waals surface area contributed by atoms with Crippen molar-refractivity contribution in [3.05, 3.63) is 111 Å². The van der Waals surface area contributed by atoms with Crippen molar-refractivity contribution in [3.8, 4) is 0 Å². The van der Waals surface area contributed by atoms with Gasteiger partial charge in [-0.15, -0.1) is 9.55 Å². The van der Waals surface area contributed by atoms with E-state index in [4.69, 9.17) is 14.0 Å². The third-order valence-electron chi connectivity index (χ3n) is 7.79. The molecule has 1 aromatic heterocycles. The topological polar surface area (TPSA) is 119 Å². The molecule has 5 atom stereocenters. The van der Waals surface area contributed by atoms with Crippen LogP contribution < -0.4 is 5.69 Å². The minimum atomic E-state index is -5.06. The Labute approximate surface area is 269 Å². The third kappa shape index (κ3) is 8.51. The Bertz CT molecular complexity index is 1730. The number of nitrogens with one attached hydrogen (secondary N) is 1. The second kappa shape index (κ2) is 14.1. The molecule has 1 aliphatic heterocycles. The Balaban J connectivity index is 1.39. The van der Waals surface area contributed by atoms with E-state index in [0.29, 0.717) is 22.1 Å². The molecular weight excluding hydrogens is 676 g/mol. The second-order valence-corrected chi connectivity index (χ2v) is 12.8. The van der Waals surface area contributed by atoms with E-state index >= 15 is 0 Å². The van der Waals surface area contributed by atoms with E-state index in [9.17, 15) is 45.0 Å². The second-order valence-electron chi connectivity index (χ2n) is 11.2. The fraction of sp³-hybridized carbons (Fsp3) is 0.400. The van der Waals surface area contributed by atoms with Crippen LogP contribution in [-0.4, -0.2) is 49.8 Å². The van der Waals surface area contributed by atoms with E-state index in [0.717, 1.165) is 0 Å². The normalized spacial score (nSPS) is 22.7.